The quantitative estimate of drug-likeness (QED) is 0.190. The van der Waals surface area contributed by atoms with E-state index in [1.807, 2.05) is 24.3 Å². The molecule has 250 valence electrons. The fourth-order valence-corrected chi connectivity index (χ4v) is 7.39. The van der Waals surface area contributed by atoms with E-state index in [4.69, 9.17) is 14.4 Å². The second-order valence-electron chi connectivity index (χ2n) is 13.4. The van der Waals surface area contributed by atoms with Gasteiger partial charge in [0.25, 0.3) is 0 Å². The number of nitrogens with one attached hydrogen (secondary N) is 1. The Morgan fingerprint density at radius 1 is 0.434 bits per heavy atom. The Labute approximate surface area is 307 Å². The van der Waals surface area contributed by atoms with Crippen LogP contribution in [-0.2, 0) is 0 Å². The van der Waals surface area contributed by atoms with Crippen molar-refractivity contribution in [2.24, 2.45) is 9.98 Å². The first-order valence-electron chi connectivity index (χ1n) is 17.9. The average molecular weight is 680 g/mol. The first-order valence-corrected chi connectivity index (χ1v) is 17.9. The van der Waals surface area contributed by atoms with Crippen LogP contribution in [0.25, 0.3) is 66.1 Å². The topological polar surface area (TPSA) is 49.9 Å². The molecule has 1 aliphatic rings. The lowest BCUT2D eigenvalue weighted by atomic mass is 9.98. The minimum absolute atomic E-state index is 0.338. The Hall–Kier alpha value is -7.04. The number of hydrogen-bond donors (Lipinski definition) is 1. The number of benzene rings is 8. The number of hydrogen-bond acceptors (Lipinski definition) is 4. The minimum atomic E-state index is -0.338. The van der Waals surface area contributed by atoms with Crippen molar-refractivity contribution in [3.05, 3.63) is 205 Å². The predicted molar refractivity (Wildman–Crippen MR) is 219 cm³/mol. The Morgan fingerprint density at radius 2 is 1.02 bits per heavy atom. The van der Waals surface area contributed by atoms with E-state index in [1.54, 1.807) is 0 Å². The molecule has 1 N–H and O–H groups in total. The summed E-state index contributed by atoms with van der Waals surface area (Å²) >= 11 is 0. The summed E-state index contributed by atoms with van der Waals surface area (Å²) in [6.07, 6.45) is -0.338. The lowest BCUT2D eigenvalue weighted by Crippen LogP contribution is -2.33. The zero-order valence-corrected chi connectivity index (χ0v) is 28.8. The van der Waals surface area contributed by atoms with Crippen LogP contribution in [-0.4, -0.2) is 11.7 Å². The van der Waals surface area contributed by atoms with Crippen LogP contribution in [0.15, 0.2) is 202 Å². The smallest absolute Gasteiger partial charge is 0.159 e. The van der Waals surface area contributed by atoms with E-state index in [2.05, 4.69) is 169 Å². The molecule has 1 aromatic heterocycles. The largest absolute Gasteiger partial charge is 0.456 e. The van der Waals surface area contributed by atoms with Crippen molar-refractivity contribution < 1.29 is 4.42 Å². The van der Waals surface area contributed by atoms with Gasteiger partial charge in [-0.3, -0.25) is 0 Å². The zero-order valence-electron chi connectivity index (χ0n) is 28.8. The van der Waals surface area contributed by atoms with Crippen molar-refractivity contribution >= 4 is 44.4 Å². The molecule has 9 aromatic rings. The lowest BCUT2D eigenvalue weighted by Gasteiger charge is -2.24. The van der Waals surface area contributed by atoms with Gasteiger partial charge in [0.1, 0.15) is 23.2 Å². The highest BCUT2D eigenvalue weighted by atomic mass is 16.3. The molecular weight excluding hydrogens is 647 g/mol. The van der Waals surface area contributed by atoms with Gasteiger partial charge in [-0.2, -0.15) is 0 Å². The van der Waals surface area contributed by atoms with Gasteiger partial charge in [-0.25, -0.2) is 9.98 Å². The van der Waals surface area contributed by atoms with Crippen molar-refractivity contribution in [3.63, 3.8) is 0 Å². The number of amidine groups is 2. The monoisotopic (exact) mass is 679 g/mol. The molecule has 0 aliphatic carbocycles. The molecule has 4 heteroatoms. The van der Waals surface area contributed by atoms with Gasteiger partial charge in [-0.15, -0.1) is 0 Å². The molecule has 2 heterocycles. The summed E-state index contributed by atoms with van der Waals surface area (Å²) < 4.78 is 6.55. The van der Waals surface area contributed by atoms with Crippen molar-refractivity contribution in [2.75, 3.05) is 0 Å². The number of furan rings is 1. The van der Waals surface area contributed by atoms with E-state index in [0.717, 1.165) is 61.2 Å². The number of rotatable bonds is 6. The highest BCUT2D eigenvalue weighted by Crippen LogP contribution is 2.36. The van der Waals surface area contributed by atoms with Gasteiger partial charge in [0.2, 0.25) is 0 Å². The maximum atomic E-state index is 6.55. The summed E-state index contributed by atoms with van der Waals surface area (Å²) in [6.45, 7) is 0. The molecule has 0 spiro atoms. The maximum absolute atomic E-state index is 6.55. The average Bonchev–Trinajstić information content (AvgIpc) is 3.62. The number of fused-ring (bicyclic) bond motifs is 4. The summed E-state index contributed by atoms with van der Waals surface area (Å²) in [4.78, 5) is 10.4. The highest BCUT2D eigenvalue weighted by Gasteiger charge is 2.24. The molecule has 1 atom stereocenters. The summed E-state index contributed by atoms with van der Waals surface area (Å²) in [5.74, 6) is 1.44. The number of aliphatic imine (C=N–C) groups is 2. The zero-order chi connectivity index (χ0) is 35.1. The van der Waals surface area contributed by atoms with Crippen LogP contribution < -0.4 is 5.32 Å². The molecule has 0 radical (unpaired) electrons. The SMILES string of the molecule is c1ccc(-c2ccc(C3=NC(c4ccc5ccccc5c4)NC(c4cccc5oc6cc(-c7ccc(-c8ccccc8)cc7)ccc6c45)=N3)cc2)cc1. The van der Waals surface area contributed by atoms with E-state index in [-0.39, 0.29) is 6.17 Å². The standard InChI is InChI=1S/C49H33N3O/c1-3-10-32(11-4-1)35-18-20-37(21-19-35)40-28-29-42-45(31-40)53-44-17-9-16-43(46(42)44)49-51-47(38-25-22-36(23-26-38)33-12-5-2-6-13-33)50-48(52-49)41-27-24-34-14-7-8-15-39(34)30-41/h1-31,48H,(H,50,51,52). The lowest BCUT2D eigenvalue weighted by molar-refractivity contribution is 0.668. The highest BCUT2D eigenvalue weighted by molar-refractivity contribution is 6.22. The fraction of sp³-hybridized carbons (Fsp3) is 0.0204. The molecule has 10 rings (SSSR count). The molecule has 8 aromatic carbocycles. The molecule has 0 bridgehead atoms. The third-order valence-corrected chi connectivity index (χ3v) is 10.2. The van der Waals surface area contributed by atoms with Gasteiger partial charge in [0, 0.05) is 21.9 Å². The summed E-state index contributed by atoms with van der Waals surface area (Å²) in [7, 11) is 0. The van der Waals surface area contributed by atoms with E-state index in [9.17, 15) is 0 Å². The van der Waals surface area contributed by atoms with Gasteiger partial charge in [0.15, 0.2) is 5.84 Å². The van der Waals surface area contributed by atoms with Crippen molar-refractivity contribution in [1.82, 2.24) is 5.32 Å². The second-order valence-corrected chi connectivity index (χ2v) is 13.4. The normalized spacial score (nSPS) is 14.2. The third kappa shape index (κ3) is 5.77. The minimum Gasteiger partial charge on any atom is -0.456 e. The molecule has 0 saturated heterocycles. The Morgan fingerprint density at radius 3 is 1.72 bits per heavy atom. The molecule has 4 nitrogen and oxygen atoms in total. The van der Waals surface area contributed by atoms with Gasteiger partial charge in [-0.1, -0.05) is 164 Å². The van der Waals surface area contributed by atoms with Crippen LogP contribution >= 0.6 is 0 Å². The Bertz CT molecular complexity index is 2830. The predicted octanol–water partition coefficient (Wildman–Crippen LogP) is 12.2. The van der Waals surface area contributed by atoms with Gasteiger partial charge in [-0.05, 0) is 74.0 Å². The summed E-state index contributed by atoms with van der Waals surface area (Å²) in [6, 6.07) is 65.8. The van der Waals surface area contributed by atoms with Crippen LogP contribution in [0, 0.1) is 0 Å². The molecule has 0 amide bonds. The maximum Gasteiger partial charge on any atom is 0.159 e. The number of nitrogens with zero attached hydrogens (tertiary/aromatic N) is 2. The Kier molecular flexibility index (Phi) is 7.51. The van der Waals surface area contributed by atoms with Crippen LogP contribution in [0.1, 0.15) is 22.9 Å². The van der Waals surface area contributed by atoms with Crippen molar-refractivity contribution in [3.8, 4) is 33.4 Å². The molecule has 0 saturated carbocycles. The molecular formula is C49H33N3O. The molecule has 1 aliphatic heterocycles. The van der Waals surface area contributed by atoms with Crippen LogP contribution in [0.2, 0.25) is 0 Å². The Balaban J connectivity index is 1.05. The van der Waals surface area contributed by atoms with Crippen molar-refractivity contribution in [2.45, 2.75) is 6.17 Å². The van der Waals surface area contributed by atoms with Gasteiger partial charge < -0.3 is 9.73 Å². The van der Waals surface area contributed by atoms with Crippen LogP contribution in [0.5, 0.6) is 0 Å². The molecule has 53 heavy (non-hydrogen) atoms. The van der Waals surface area contributed by atoms with Crippen molar-refractivity contribution in [1.29, 1.82) is 0 Å². The first kappa shape index (κ1) is 30.8. The molecule has 1 unspecified atom stereocenters. The van der Waals surface area contributed by atoms with E-state index < -0.39 is 0 Å². The summed E-state index contributed by atoms with van der Waals surface area (Å²) in [5, 5.41) is 8.15. The third-order valence-electron chi connectivity index (χ3n) is 10.2. The van der Waals surface area contributed by atoms with E-state index in [1.165, 1.54) is 27.5 Å². The van der Waals surface area contributed by atoms with Crippen LogP contribution in [0.4, 0.5) is 0 Å². The first-order chi connectivity index (χ1) is 26.2. The summed E-state index contributed by atoms with van der Waals surface area (Å²) in [5.41, 5.74) is 11.6. The van der Waals surface area contributed by atoms with E-state index >= 15 is 0 Å². The van der Waals surface area contributed by atoms with Gasteiger partial charge in [0.05, 0.1) is 0 Å². The fourth-order valence-electron chi connectivity index (χ4n) is 7.39. The van der Waals surface area contributed by atoms with Crippen LogP contribution in [0.3, 0.4) is 0 Å². The van der Waals surface area contributed by atoms with E-state index in [0.29, 0.717) is 5.84 Å². The molecule has 0 fully saturated rings. The van der Waals surface area contributed by atoms with Gasteiger partial charge >= 0.3 is 0 Å². The second kappa shape index (κ2) is 12.9.